The predicted octanol–water partition coefficient (Wildman–Crippen LogP) is 1.83. The number of amides is 2. The molecule has 1 aliphatic rings. The molecular weight excluding hydrogens is 265 g/mol. The fraction of sp³-hybridized carbons (Fsp3) is 0.818. The quantitative estimate of drug-likeness (QED) is 0.829. The Morgan fingerprint density at radius 3 is 2.63 bits per heavy atom. The average molecular weight is 282 g/mol. The van der Waals surface area contributed by atoms with Crippen molar-refractivity contribution >= 4 is 12.0 Å². The topological polar surface area (TPSA) is 69.6 Å². The van der Waals surface area contributed by atoms with Gasteiger partial charge in [-0.15, -0.1) is 0 Å². The van der Waals surface area contributed by atoms with Gasteiger partial charge in [-0.1, -0.05) is 0 Å². The maximum atomic E-state index is 12.1. The molecule has 0 aromatic carbocycles. The molecule has 0 aromatic rings. The summed E-state index contributed by atoms with van der Waals surface area (Å²) >= 11 is 0. The SMILES string of the molecule is CC(CC(F)(F)F)NC(=O)N1CCC[C@H](C(=O)O)C1. The van der Waals surface area contributed by atoms with Crippen LogP contribution in [0.2, 0.25) is 0 Å². The van der Waals surface area contributed by atoms with Gasteiger partial charge in [0, 0.05) is 19.1 Å². The Morgan fingerprint density at radius 1 is 1.47 bits per heavy atom. The maximum absolute atomic E-state index is 12.1. The first kappa shape index (κ1) is 15.6. The van der Waals surface area contributed by atoms with Crippen LogP contribution in [0.15, 0.2) is 0 Å². The predicted molar refractivity (Wildman–Crippen MR) is 60.6 cm³/mol. The van der Waals surface area contributed by atoms with Crippen molar-refractivity contribution in [3.63, 3.8) is 0 Å². The monoisotopic (exact) mass is 282 g/mol. The summed E-state index contributed by atoms with van der Waals surface area (Å²) in [5, 5.41) is 11.1. The highest BCUT2D eigenvalue weighted by Gasteiger charge is 2.32. The lowest BCUT2D eigenvalue weighted by atomic mass is 9.99. The molecule has 1 aliphatic heterocycles. The van der Waals surface area contributed by atoms with E-state index >= 15 is 0 Å². The second-order valence-electron chi connectivity index (χ2n) is 4.79. The Kier molecular flexibility index (Phi) is 5.02. The molecule has 1 heterocycles. The third-order valence-electron chi connectivity index (χ3n) is 2.97. The lowest BCUT2D eigenvalue weighted by Crippen LogP contribution is -2.49. The van der Waals surface area contributed by atoms with E-state index in [4.69, 9.17) is 5.11 Å². The molecule has 0 radical (unpaired) electrons. The van der Waals surface area contributed by atoms with E-state index in [9.17, 15) is 22.8 Å². The van der Waals surface area contributed by atoms with Gasteiger partial charge in [0.05, 0.1) is 12.3 Å². The number of likely N-dealkylation sites (tertiary alicyclic amines) is 1. The van der Waals surface area contributed by atoms with Gasteiger partial charge in [-0.2, -0.15) is 13.2 Å². The first-order valence-corrected chi connectivity index (χ1v) is 6.04. The van der Waals surface area contributed by atoms with Gasteiger partial charge in [-0.25, -0.2) is 4.79 Å². The van der Waals surface area contributed by atoms with E-state index in [0.717, 1.165) is 0 Å². The fourth-order valence-corrected chi connectivity index (χ4v) is 2.06. The first-order chi connectivity index (χ1) is 8.69. The molecule has 1 rings (SSSR count). The number of carbonyl (C=O) groups is 2. The molecule has 0 spiro atoms. The van der Waals surface area contributed by atoms with Crippen molar-refractivity contribution in [1.82, 2.24) is 10.2 Å². The first-order valence-electron chi connectivity index (χ1n) is 6.04. The molecule has 8 heteroatoms. The molecule has 0 saturated carbocycles. The number of hydrogen-bond acceptors (Lipinski definition) is 2. The molecule has 19 heavy (non-hydrogen) atoms. The highest BCUT2D eigenvalue weighted by atomic mass is 19.4. The van der Waals surface area contributed by atoms with E-state index in [2.05, 4.69) is 5.32 Å². The number of urea groups is 1. The van der Waals surface area contributed by atoms with Gasteiger partial charge in [-0.3, -0.25) is 4.79 Å². The molecule has 0 aromatic heterocycles. The van der Waals surface area contributed by atoms with E-state index < -0.39 is 36.6 Å². The van der Waals surface area contributed by atoms with Crippen molar-refractivity contribution < 1.29 is 27.9 Å². The summed E-state index contributed by atoms with van der Waals surface area (Å²) in [5.41, 5.74) is 0. The van der Waals surface area contributed by atoms with Crippen molar-refractivity contribution in [1.29, 1.82) is 0 Å². The fourth-order valence-electron chi connectivity index (χ4n) is 2.06. The summed E-state index contributed by atoms with van der Waals surface area (Å²) in [5.74, 6) is -1.63. The standard InChI is InChI=1S/C11H17F3N2O3/c1-7(5-11(12,13)14)15-10(19)16-4-2-3-8(6-16)9(17)18/h7-8H,2-6H2,1H3,(H,15,19)(H,17,18)/t7?,8-/m0/s1. The summed E-state index contributed by atoms with van der Waals surface area (Å²) in [4.78, 5) is 23.8. The Balaban J connectivity index is 2.47. The number of piperidine rings is 1. The Hall–Kier alpha value is -1.47. The number of rotatable bonds is 3. The van der Waals surface area contributed by atoms with Crippen molar-refractivity contribution in [2.24, 2.45) is 5.92 Å². The van der Waals surface area contributed by atoms with Crippen molar-refractivity contribution in [2.45, 2.75) is 38.4 Å². The number of carboxylic acid groups (broad SMARTS) is 1. The zero-order valence-electron chi connectivity index (χ0n) is 10.5. The lowest BCUT2D eigenvalue weighted by Gasteiger charge is -2.31. The minimum absolute atomic E-state index is 0.0416. The number of aliphatic carboxylic acids is 1. The molecule has 1 fully saturated rings. The molecule has 1 saturated heterocycles. The van der Waals surface area contributed by atoms with Gasteiger partial charge in [-0.05, 0) is 19.8 Å². The van der Waals surface area contributed by atoms with E-state index in [1.54, 1.807) is 0 Å². The molecule has 2 atom stereocenters. The van der Waals surface area contributed by atoms with E-state index in [-0.39, 0.29) is 6.54 Å². The summed E-state index contributed by atoms with van der Waals surface area (Å²) in [6, 6.07) is -1.67. The van der Waals surface area contributed by atoms with Gasteiger partial charge in [0.1, 0.15) is 0 Å². The molecule has 0 bridgehead atoms. The van der Waals surface area contributed by atoms with Gasteiger partial charge in [0.15, 0.2) is 0 Å². The van der Waals surface area contributed by atoms with Crippen LogP contribution in [0, 0.1) is 5.92 Å². The number of alkyl halides is 3. The Morgan fingerprint density at radius 2 is 2.11 bits per heavy atom. The lowest BCUT2D eigenvalue weighted by molar-refractivity contribution is -0.143. The molecule has 2 N–H and O–H groups in total. The minimum atomic E-state index is -4.34. The third-order valence-corrected chi connectivity index (χ3v) is 2.97. The number of nitrogens with zero attached hydrogens (tertiary/aromatic N) is 1. The van der Waals surface area contributed by atoms with Crippen LogP contribution < -0.4 is 5.32 Å². The van der Waals surface area contributed by atoms with Crippen LogP contribution >= 0.6 is 0 Å². The van der Waals surface area contributed by atoms with Crippen LogP contribution in [0.3, 0.4) is 0 Å². The Bertz CT molecular complexity index is 347. The van der Waals surface area contributed by atoms with Gasteiger partial charge < -0.3 is 15.3 Å². The minimum Gasteiger partial charge on any atom is -0.481 e. The summed E-state index contributed by atoms with van der Waals surface area (Å²) in [7, 11) is 0. The number of nitrogens with one attached hydrogen (secondary N) is 1. The van der Waals surface area contributed by atoms with Crippen molar-refractivity contribution in [3.05, 3.63) is 0 Å². The van der Waals surface area contributed by atoms with Crippen molar-refractivity contribution in [2.75, 3.05) is 13.1 Å². The van der Waals surface area contributed by atoms with Gasteiger partial charge >= 0.3 is 18.2 Å². The molecular formula is C11H17F3N2O3. The molecule has 2 amide bonds. The molecule has 1 unspecified atom stereocenters. The second-order valence-corrected chi connectivity index (χ2v) is 4.79. The van der Waals surface area contributed by atoms with Crippen LogP contribution in [0.4, 0.5) is 18.0 Å². The normalized spacial score (nSPS) is 21.9. The highest BCUT2D eigenvalue weighted by molar-refractivity contribution is 5.76. The molecule has 5 nitrogen and oxygen atoms in total. The molecule has 0 aliphatic carbocycles. The zero-order chi connectivity index (χ0) is 14.6. The highest BCUT2D eigenvalue weighted by Crippen LogP contribution is 2.22. The van der Waals surface area contributed by atoms with Crippen LogP contribution in [0.25, 0.3) is 0 Å². The summed E-state index contributed by atoms with van der Waals surface area (Å²) in [6.07, 6.45) is -4.41. The zero-order valence-corrected chi connectivity index (χ0v) is 10.5. The van der Waals surface area contributed by atoms with Crippen LogP contribution in [-0.2, 0) is 4.79 Å². The number of halogens is 3. The van der Waals surface area contributed by atoms with Crippen LogP contribution in [0.5, 0.6) is 0 Å². The average Bonchev–Trinajstić information content (AvgIpc) is 2.26. The largest absolute Gasteiger partial charge is 0.481 e. The summed E-state index contributed by atoms with van der Waals surface area (Å²) in [6.45, 7) is 1.68. The number of carbonyl (C=O) groups excluding carboxylic acids is 1. The van der Waals surface area contributed by atoms with Crippen LogP contribution in [0.1, 0.15) is 26.2 Å². The van der Waals surface area contributed by atoms with Crippen LogP contribution in [-0.4, -0.2) is 47.3 Å². The van der Waals surface area contributed by atoms with Gasteiger partial charge in [0.2, 0.25) is 0 Å². The molecule has 110 valence electrons. The third kappa shape index (κ3) is 5.35. The van der Waals surface area contributed by atoms with E-state index in [0.29, 0.717) is 19.4 Å². The van der Waals surface area contributed by atoms with E-state index in [1.165, 1.54) is 11.8 Å². The summed E-state index contributed by atoms with van der Waals surface area (Å²) < 4.78 is 36.4. The number of carboxylic acids is 1. The Labute approximate surface area is 108 Å². The van der Waals surface area contributed by atoms with Crippen molar-refractivity contribution in [3.8, 4) is 0 Å². The maximum Gasteiger partial charge on any atom is 0.391 e. The second kappa shape index (κ2) is 6.12. The van der Waals surface area contributed by atoms with Gasteiger partial charge in [0.25, 0.3) is 0 Å². The number of hydrogen-bond donors (Lipinski definition) is 2. The van der Waals surface area contributed by atoms with E-state index in [1.807, 2.05) is 0 Å². The smallest absolute Gasteiger partial charge is 0.391 e.